The number of unbranched alkanes of at least 4 members (excludes halogenated alkanes) is 7. The smallest absolute Gasteiger partial charge is 0.266 e. The Kier molecular flexibility index (Phi) is 9.32. The van der Waals surface area contributed by atoms with E-state index in [1.54, 1.807) is 24.3 Å². The Balaban J connectivity index is 2.10. The molecule has 0 aliphatic heterocycles. The molecule has 0 N–H and O–H groups in total. The Bertz CT molecular complexity index is 497. The van der Waals surface area contributed by atoms with Gasteiger partial charge in [-0.1, -0.05) is 56.2 Å². The van der Waals surface area contributed by atoms with Crippen LogP contribution in [0.3, 0.4) is 0 Å². The molecule has 1 aromatic rings. The van der Waals surface area contributed by atoms with E-state index < -0.39 is 10.1 Å². The topological polar surface area (TPSA) is 43.4 Å². The largest absolute Gasteiger partial charge is 0.296 e. The second kappa shape index (κ2) is 10.7. The summed E-state index contributed by atoms with van der Waals surface area (Å²) in [7, 11) is -3.62. The summed E-state index contributed by atoms with van der Waals surface area (Å²) in [6, 6.07) is 6.67. The quantitative estimate of drug-likeness (QED) is 0.409. The Morgan fingerprint density at radius 2 is 1.36 bits per heavy atom. The fraction of sp³-hybridized carbons (Fsp3) is 0.647. The van der Waals surface area contributed by atoms with Crippen LogP contribution in [-0.4, -0.2) is 21.7 Å². The van der Waals surface area contributed by atoms with Gasteiger partial charge in [0.1, 0.15) is 0 Å². The van der Waals surface area contributed by atoms with E-state index in [0.717, 1.165) is 50.5 Å². The Labute approximate surface area is 134 Å². The van der Waals surface area contributed by atoms with Crippen molar-refractivity contribution in [2.45, 2.75) is 63.2 Å². The van der Waals surface area contributed by atoms with Crippen LogP contribution in [0.15, 0.2) is 29.2 Å². The monoisotopic (exact) mass is 330 g/mol. The molecule has 5 heteroatoms. The standard InChI is InChI=1S/C17H27FO3S/c1-16-10-12-17(13-11-16)22(19,20)21-15-9-7-5-3-2-4-6-8-14-18/h10-13H,2-9,14-15H2,1H3. The number of benzene rings is 1. The fourth-order valence-corrected chi connectivity index (χ4v) is 3.14. The first-order valence-corrected chi connectivity index (χ1v) is 9.49. The van der Waals surface area contributed by atoms with Crippen molar-refractivity contribution in [3.63, 3.8) is 0 Å². The van der Waals surface area contributed by atoms with Gasteiger partial charge in [-0.3, -0.25) is 8.57 Å². The second-order valence-electron chi connectivity index (χ2n) is 5.61. The summed E-state index contributed by atoms with van der Waals surface area (Å²) in [5.41, 5.74) is 1.02. The summed E-state index contributed by atoms with van der Waals surface area (Å²) < 4.78 is 40.8. The normalized spacial score (nSPS) is 11.7. The number of aryl methyl sites for hydroxylation is 1. The van der Waals surface area contributed by atoms with E-state index in [9.17, 15) is 12.8 Å². The SMILES string of the molecule is Cc1ccc(S(=O)(=O)OCCCCCCCCCCF)cc1. The van der Waals surface area contributed by atoms with Crippen molar-refractivity contribution in [1.29, 1.82) is 0 Å². The molecule has 0 radical (unpaired) electrons. The molecular formula is C17H27FO3S. The summed E-state index contributed by atoms with van der Waals surface area (Å²) in [4.78, 5) is 0.214. The van der Waals surface area contributed by atoms with Crippen molar-refractivity contribution in [2.75, 3.05) is 13.3 Å². The molecule has 3 nitrogen and oxygen atoms in total. The lowest BCUT2D eigenvalue weighted by Crippen LogP contribution is -2.07. The zero-order valence-electron chi connectivity index (χ0n) is 13.4. The third-order valence-electron chi connectivity index (χ3n) is 3.58. The first-order chi connectivity index (χ1) is 10.6. The summed E-state index contributed by atoms with van der Waals surface area (Å²) in [6.07, 6.45) is 7.76. The van der Waals surface area contributed by atoms with Crippen LogP contribution >= 0.6 is 0 Å². The van der Waals surface area contributed by atoms with Crippen LogP contribution in [0.5, 0.6) is 0 Å². The average molecular weight is 330 g/mol. The van der Waals surface area contributed by atoms with Gasteiger partial charge >= 0.3 is 0 Å². The lowest BCUT2D eigenvalue weighted by atomic mass is 10.1. The van der Waals surface area contributed by atoms with Crippen molar-refractivity contribution in [1.82, 2.24) is 0 Å². The molecule has 0 unspecified atom stereocenters. The highest BCUT2D eigenvalue weighted by Gasteiger charge is 2.14. The van der Waals surface area contributed by atoms with Crippen LogP contribution in [0.25, 0.3) is 0 Å². The van der Waals surface area contributed by atoms with Crippen LogP contribution < -0.4 is 0 Å². The molecule has 0 bridgehead atoms. The maximum absolute atomic E-state index is 11.9. The van der Waals surface area contributed by atoms with Gasteiger partial charge in [-0.05, 0) is 31.9 Å². The van der Waals surface area contributed by atoms with Gasteiger partial charge in [0.05, 0.1) is 18.2 Å². The summed E-state index contributed by atoms with van der Waals surface area (Å²) in [5.74, 6) is 0. The van der Waals surface area contributed by atoms with Gasteiger partial charge in [0, 0.05) is 0 Å². The molecule has 0 aromatic heterocycles. The van der Waals surface area contributed by atoms with Gasteiger partial charge in [0.25, 0.3) is 10.1 Å². The maximum atomic E-state index is 11.9. The van der Waals surface area contributed by atoms with Crippen molar-refractivity contribution >= 4 is 10.1 Å². The van der Waals surface area contributed by atoms with Gasteiger partial charge in [-0.25, -0.2) is 0 Å². The van der Waals surface area contributed by atoms with E-state index >= 15 is 0 Å². The number of rotatable bonds is 12. The van der Waals surface area contributed by atoms with Crippen LogP contribution in [0, 0.1) is 6.92 Å². The summed E-state index contributed by atoms with van der Waals surface area (Å²) >= 11 is 0. The molecule has 0 aliphatic carbocycles. The lowest BCUT2D eigenvalue weighted by Gasteiger charge is -2.06. The second-order valence-corrected chi connectivity index (χ2v) is 7.22. The molecule has 22 heavy (non-hydrogen) atoms. The van der Waals surface area contributed by atoms with Crippen LogP contribution in [0.2, 0.25) is 0 Å². The molecule has 1 rings (SSSR count). The van der Waals surface area contributed by atoms with E-state index in [1.807, 2.05) is 6.92 Å². The van der Waals surface area contributed by atoms with Crippen LogP contribution in [0.1, 0.15) is 56.9 Å². The Morgan fingerprint density at radius 1 is 0.864 bits per heavy atom. The van der Waals surface area contributed by atoms with Gasteiger partial charge in [-0.15, -0.1) is 0 Å². The number of halogens is 1. The number of alkyl halides is 1. The molecule has 0 saturated carbocycles. The van der Waals surface area contributed by atoms with Gasteiger partial charge in [0.2, 0.25) is 0 Å². The van der Waals surface area contributed by atoms with Crippen LogP contribution in [-0.2, 0) is 14.3 Å². The number of hydrogen-bond donors (Lipinski definition) is 0. The molecule has 0 spiro atoms. The predicted octanol–water partition coefficient (Wildman–Crippen LogP) is 4.79. The van der Waals surface area contributed by atoms with Gasteiger partial charge < -0.3 is 0 Å². The molecule has 0 amide bonds. The van der Waals surface area contributed by atoms with Gasteiger partial charge in [-0.2, -0.15) is 8.42 Å². The molecule has 1 aromatic carbocycles. The first-order valence-electron chi connectivity index (χ1n) is 8.08. The Hall–Kier alpha value is -0.940. The minimum absolute atomic E-state index is 0.214. The average Bonchev–Trinajstić information content (AvgIpc) is 2.49. The third-order valence-corrected chi connectivity index (χ3v) is 4.90. The fourth-order valence-electron chi connectivity index (χ4n) is 2.20. The van der Waals surface area contributed by atoms with E-state index in [1.165, 1.54) is 0 Å². The number of hydrogen-bond acceptors (Lipinski definition) is 3. The highest BCUT2D eigenvalue weighted by molar-refractivity contribution is 7.86. The van der Waals surface area contributed by atoms with Gasteiger partial charge in [0.15, 0.2) is 0 Å². The molecule has 0 fully saturated rings. The zero-order valence-corrected chi connectivity index (χ0v) is 14.2. The molecule has 0 atom stereocenters. The molecule has 0 aliphatic rings. The van der Waals surface area contributed by atoms with E-state index in [2.05, 4.69) is 0 Å². The first kappa shape index (κ1) is 19.1. The van der Waals surface area contributed by atoms with Crippen molar-refractivity contribution < 1.29 is 17.0 Å². The molecule has 126 valence electrons. The van der Waals surface area contributed by atoms with Crippen LogP contribution in [0.4, 0.5) is 4.39 Å². The predicted molar refractivity (Wildman–Crippen MR) is 87.2 cm³/mol. The molecule has 0 heterocycles. The summed E-state index contributed by atoms with van der Waals surface area (Å²) in [6.45, 7) is 1.93. The maximum Gasteiger partial charge on any atom is 0.296 e. The van der Waals surface area contributed by atoms with E-state index in [-0.39, 0.29) is 18.2 Å². The minimum Gasteiger partial charge on any atom is -0.266 e. The van der Waals surface area contributed by atoms with Crippen molar-refractivity contribution in [3.8, 4) is 0 Å². The highest BCUT2D eigenvalue weighted by Crippen LogP contribution is 2.14. The highest BCUT2D eigenvalue weighted by atomic mass is 32.2. The van der Waals surface area contributed by atoms with Crippen molar-refractivity contribution in [2.24, 2.45) is 0 Å². The van der Waals surface area contributed by atoms with Crippen molar-refractivity contribution in [3.05, 3.63) is 29.8 Å². The minimum atomic E-state index is -3.62. The molecular weight excluding hydrogens is 303 g/mol. The lowest BCUT2D eigenvalue weighted by molar-refractivity contribution is 0.306. The van der Waals surface area contributed by atoms with E-state index in [4.69, 9.17) is 4.18 Å². The third kappa shape index (κ3) is 7.90. The Morgan fingerprint density at radius 3 is 1.91 bits per heavy atom. The molecule has 0 saturated heterocycles. The van der Waals surface area contributed by atoms with E-state index in [0.29, 0.717) is 6.42 Å². The zero-order chi connectivity index (χ0) is 16.3. The summed E-state index contributed by atoms with van der Waals surface area (Å²) in [5, 5.41) is 0.